The van der Waals surface area contributed by atoms with Gasteiger partial charge in [0.25, 0.3) is 0 Å². The lowest BCUT2D eigenvalue weighted by Gasteiger charge is -2.39. The van der Waals surface area contributed by atoms with Crippen molar-refractivity contribution in [2.45, 2.75) is 51.7 Å². The number of hydrogen-bond acceptors (Lipinski definition) is 4. The Morgan fingerprint density at radius 1 is 1.40 bits per heavy atom. The van der Waals surface area contributed by atoms with Crippen molar-refractivity contribution in [3.8, 4) is 0 Å². The molecule has 8 heteroatoms. The zero-order chi connectivity index (χ0) is 22.1. The van der Waals surface area contributed by atoms with Crippen LogP contribution in [0.1, 0.15) is 44.7 Å². The monoisotopic (exact) mass is 436 g/mol. The zero-order valence-electron chi connectivity index (χ0n) is 17.6. The second-order valence-electron chi connectivity index (χ2n) is 9.11. The van der Waals surface area contributed by atoms with E-state index in [1.165, 1.54) is 4.90 Å². The predicted octanol–water partition coefficient (Wildman–Crippen LogP) is 3.29. The van der Waals surface area contributed by atoms with E-state index in [0.717, 1.165) is 24.0 Å². The van der Waals surface area contributed by atoms with Crippen LogP contribution in [-0.4, -0.2) is 53.0 Å². The predicted molar refractivity (Wildman–Crippen MR) is 113 cm³/mol. The standard InChI is InChI=1S/C22H29ClN2O5/c1-21(2,3)8-6-14-4-5-15(10-17(14)23)22-13-30-18(12-26)16(22)11-25(20(29)24-22)9-7-19(27)28/h4-5,10-11,18,26H,6-9,12-13H2,1-3H3,(H,24,29)(H,27,28)/t18?,22-/m1/s1. The molecule has 0 saturated carbocycles. The molecular weight excluding hydrogens is 408 g/mol. The number of nitrogens with zero attached hydrogens (tertiary/aromatic N) is 1. The first kappa shape index (κ1) is 22.6. The van der Waals surface area contributed by atoms with Crippen molar-refractivity contribution in [1.29, 1.82) is 0 Å². The van der Waals surface area contributed by atoms with Gasteiger partial charge in [-0.05, 0) is 35.4 Å². The number of aliphatic hydroxyl groups excluding tert-OH is 1. The third-order valence-corrected chi connectivity index (χ3v) is 5.99. The Bertz CT molecular complexity index is 864. The highest BCUT2D eigenvalue weighted by atomic mass is 35.5. The van der Waals surface area contributed by atoms with Crippen LogP contribution in [0.3, 0.4) is 0 Å². The first-order chi connectivity index (χ1) is 14.1. The molecule has 2 heterocycles. The molecule has 1 aromatic rings. The van der Waals surface area contributed by atoms with Gasteiger partial charge in [-0.2, -0.15) is 0 Å². The zero-order valence-corrected chi connectivity index (χ0v) is 18.3. The van der Waals surface area contributed by atoms with E-state index in [9.17, 15) is 14.7 Å². The molecule has 3 rings (SSSR count). The van der Waals surface area contributed by atoms with Gasteiger partial charge in [0, 0.05) is 23.3 Å². The van der Waals surface area contributed by atoms with Crippen LogP contribution >= 0.6 is 11.6 Å². The lowest BCUT2D eigenvalue weighted by molar-refractivity contribution is -0.137. The summed E-state index contributed by atoms with van der Waals surface area (Å²) < 4.78 is 5.77. The fraction of sp³-hybridized carbons (Fsp3) is 0.545. The van der Waals surface area contributed by atoms with Crippen molar-refractivity contribution in [3.05, 3.63) is 46.1 Å². The number of carbonyl (C=O) groups excluding carboxylic acids is 1. The lowest BCUT2D eigenvalue weighted by atomic mass is 9.81. The Morgan fingerprint density at radius 2 is 2.13 bits per heavy atom. The average Bonchev–Trinajstić information content (AvgIpc) is 3.02. The van der Waals surface area contributed by atoms with Gasteiger partial charge < -0.3 is 25.2 Å². The second kappa shape index (κ2) is 8.57. The van der Waals surface area contributed by atoms with E-state index in [0.29, 0.717) is 10.6 Å². The molecule has 30 heavy (non-hydrogen) atoms. The number of amides is 2. The summed E-state index contributed by atoms with van der Waals surface area (Å²) in [4.78, 5) is 24.9. The SMILES string of the molecule is CC(C)(C)CCc1ccc([C@]23COC(CO)C2=CN(CCC(=O)O)C(=O)N3)cc1Cl. The van der Waals surface area contributed by atoms with Crippen molar-refractivity contribution in [1.82, 2.24) is 10.2 Å². The number of benzene rings is 1. The van der Waals surface area contributed by atoms with E-state index in [4.69, 9.17) is 21.4 Å². The molecule has 2 atom stereocenters. The molecule has 1 unspecified atom stereocenters. The summed E-state index contributed by atoms with van der Waals surface area (Å²) in [6.45, 7) is 6.51. The average molecular weight is 437 g/mol. The summed E-state index contributed by atoms with van der Waals surface area (Å²) in [5, 5.41) is 22.3. The molecule has 1 fully saturated rings. The third kappa shape index (κ3) is 4.63. The van der Waals surface area contributed by atoms with Crippen LogP contribution in [0.2, 0.25) is 5.02 Å². The number of carbonyl (C=O) groups is 2. The second-order valence-corrected chi connectivity index (χ2v) is 9.51. The van der Waals surface area contributed by atoms with Crippen LogP contribution in [0.15, 0.2) is 30.0 Å². The summed E-state index contributed by atoms with van der Waals surface area (Å²) >= 11 is 6.59. The van der Waals surface area contributed by atoms with Crippen molar-refractivity contribution >= 4 is 23.6 Å². The Labute approximate surface area is 181 Å². The summed E-state index contributed by atoms with van der Waals surface area (Å²) in [5.74, 6) is -0.989. The highest BCUT2D eigenvalue weighted by Gasteiger charge is 2.50. The number of aryl methyl sites for hydroxylation is 1. The Hall–Kier alpha value is -2.09. The van der Waals surface area contributed by atoms with Crippen LogP contribution in [0, 0.1) is 5.41 Å². The van der Waals surface area contributed by atoms with Crippen molar-refractivity contribution < 1.29 is 24.5 Å². The number of carboxylic acids is 1. The van der Waals surface area contributed by atoms with Crippen LogP contribution in [-0.2, 0) is 21.5 Å². The molecule has 0 spiro atoms. The first-order valence-corrected chi connectivity index (χ1v) is 10.5. The van der Waals surface area contributed by atoms with E-state index in [1.807, 2.05) is 18.2 Å². The molecule has 0 bridgehead atoms. The molecule has 3 N–H and O–H groups in total. The maximum atomic E-state index is 12.7. The van der Waals surface area contributed by atoms with Crippen LogP contribution in [0.25, 0.3) is 0 Å². The molecular formula is C22H29ClN2O5. The van der Waals surface area contributed by atoms with Gasteiger partial charge >= 0.3 is 12.0 Å². The molecule has 164 valence electrons. The van der Waals surface area contributed by atoms with E-state index < -0.39 is 23.6 Å². The van der Waals surface area contributed by atoms with Crippen LogP contribution in [0.4, 0.5) is 4.79 Å². The summed E-state index contributed by atoms with van der Waals surface area (Å²) in [5.41, 5.74) is 1.77. The lowest BCUT2D eigenvalue weighted by Crippen LogP contribution is -2.56. The quantitative estimate of drug-likeness (QED) is 0.609. The Balaban J connectivity index is 1.93. The Kier molecular flexibility index (Phi) is 6.45. The number of ether oxygens (including phenoxy) is 1. The minimum atomic E-state index is -0.989. The maximum absolute atomic E-state index is 12.7. The molecule has 2 amide bonds. The molecule has 2 aliphatic heterocycles. The largest absolute Gasteiger partial charge is 0.481 e. The number of urea groups is 1. The van der Waals surface area contributed by atoms with Gasteiger partial charge in [-0.25, -0.2) is 4.79 Å². The fourth-order valence-corrected chi connectivity index (χ4v) is 4.11. The molecule has 0 aromatic heterocycles. The van der Waals surface area contributed by atoms with Crippen LogP contribution < -0.4 is 5.32 Å². The number of rotatable bonds is 7. The smallest absolute Gasteiger partial charge is 0.322 e. The number of aliphatic hydroxyl groups is 1. The van der Waals surface area contributed by atoms with Gasteiger partial charge in [0.15, 0.2) is 0 Å². The summed E-state index contributed by atoms with van der Waals surface area (Å²) in [7, 11) is 0. The molecule has 7 nitrogen and oxygen atoms in total. The van der Waals surface area contributed by atoms with Gasteiger partial charge in [-0.1, -0.05) is 44.5 Å². The number of aliphatic carboxylic acids is 1. The number of halogens is 1. The highest BCUT2D eigenvalue weighted by molar-refractivity contribution is 6.31. The fourth-order valence-electron chi connectivity index (χ4n) is 3.84. The van der Waals surface area contributed by atoms with Gasteiger partial charge in [0.1, 0.15) is 11.6 Å². The van der Waals surface area contributed by atoms with Gasteiger partial charge in [0.2, 0.25) is 0 Å². The van der Waals surface area contributed by atoms with E-state index in [-0.39, 0.29) is 31.6 Å². The maximum Gasteiger partial charge on any atom is 0.322 e. The number of hydrogen-bond donors (Lipinski definition) is 3. The first-order valence-electron chi connectivity index (χ1n) is 10.1. The molecule has 1 saturated heterocycles. The normalized spacial score (nSPS) is 23.8. The minimum Gasteiger partial charge on any atom is -0.481 e. The third-order valence-electron chi connectivity index (χ3n) is 5.64. The van der Waals surface area contributed by atoms with Gasteiger partial charge in [0.05, 0.1) is 19.6 Å². The molecule has 0 radical (unpaired) electrons. The van der Waals surface area contributed by atoms with E-state index in [2.05, 4.69) is 26.1 Å². The van der Waals surface area contributed by atoms with Gasteiger partial charge in [-0.15, -0.1) is 0 Å². The summed E-state index contributed by atoms with van der Waals surface area (Å²) in [6.07, 6.45) is 2.69. The highest BCUT2D eigenvalue weighted by Crippen LogP contribution is 2.42. The molecule has 0 aliphatic carbocycles. The van der Waals surface area contributed by atoms with Crippen molar-refractivity contribution in [3.63, 3.8) is 0 Å². The van der Waals surface area contributed by atoms with Crippen molar-refractivity contribution in [2.75, 3.05) is 19.8 Å². The number of fused-ring (bicyclic) bond motifs is 1. The molecule has 2 aliphatic rings. The van der Waals surface area contributed by atoms with Gasteiger partial charge in [-0.3, -0.25) is 4.79 Å². The Morgan fingerprint density at radius 3 is 2.73 bits per heavy atom. The van der Waals surface area contributed by atoms with E-state index >= 15 is 0 Å². The van der Waals surface area contributed by atoms with Crippen LogP contribution in [0.5, 0.6) is 0 Å². The molecule has 1 aromatic carbocycles. The van der Waals surface area contributed by atoms with Crippen molar-refractivity contribution in [2.24, 2.45) is 5.41 Å². The topological polar surface area (TPSA) is 99.1 Å². The number of carboxylic acid groups (broad SMARTS) is 1. The number of nitrogens with one attached hydrogen (secondary N) is 1. The minimum absolute atomic E-state index is 0.0331. The van der Waals surface area contributed by atoms with E-state index in [1.54, 1.807) is 6.20 Å². The summed E-state index contributed by atoms with van der Waals surface area (Å²) in [6, 6.07) is 5.36.